The Morgan fingerprint density at radius 1 is 1.40 bits per heavy atom. The van der Waals surface area contributed by atoms with Crippen molar-refractivity contribution in [3.8, 4) is 0 Å². The van der Waals surface area contributed by atoms with E-state index in [-0.39, 0.29) is 5.84 Å². The third kappa shape index (κ3) is 5.86. The molecule has 0 aromatic rings. The van der Waals surface area contributed by atoms with Crippen LogP contribution in [-0.2, 0) is 0 Å². The number of oxime groups is 1. The van der Waals surface area contributed by atoms with Gasteiger partial charge in [0.2, 0.25) is 0 Å². The van der Waals surface area contributed by atoms with Crippen molar-refractivity contribution >= 4 is 17.6 Å². The molecule has 0 bridgehead atoms. The van der Waals surface area contributed by atoms with Gasteiger partial charge >= 0.3 is 0 Å². The van der Waals surface area contributed by atoms with Crippen molar-refractivity contribution in [3.05, 3.63) is 0 Å². The monoisotopic (exact) mass is 232 g/mol. The Morgan fingerprint density at radius 3 is 2.80 bits per heavy atom. The summed E-state index contributed by atoms with van der Waals surface area (Å²) in [5, 5.41) is 14.5. The molecule has 88 valence electrons. The van der Waals surface area contributed by atoms with Gasteiger partial charge in [-0.2, -0.15) is 11.8 Å². The van der Waals surface area contributed by atoms with Gasteiger partial charge in [0.1, 0.15) is 5.84 Å². The minimum Gasteiger partial charge on any atom is -0.409 e. The standard InChI is InChI=1S/C9H20N4OS/c10-9(12-14)1-2-11-3-4-13-5-7-15-8-6-13/h11,14H,1-8H2,(H2,10,12). The highest BCUT2D eigenvalue weighted by Gasteiger charge is 2.08. The fraction of sp³-hybridized carbons (Fsp3) is 0.889. The molecule has 1 heterocycles. The Kier molecular flexibility index (Phi) is 6.54. The molecule has 0 aliphatic carbocycles. The molecule has 1 saturated heterocycles. The number of thioether (sulfide) groups is 1. The van der Waals surface area contributed by atoms with Crippen LogP contribution in [0.3, 0.4) is 0 Å². The number of hydrogen-bond donors (Lipinski definition) is 3. The molecule has 1 aliphatic heterocycles. The molecule has 1 rings (SSSR count). The second-order valence-electron chi connectivity index (χ2n) is 3.55. The lowest BCUT2D eigenvalue weighted by Gasteiger charge is -2.26. The molecule has 1 fully saturated rings. The van der Waals surface area contributed by atoms with Crippen LogP contribution in [0.15, 0.2) is 5.16 Å². The Morgan fingerprint density at radius 2 is 2.13 bits per heavy atom. The summed E-state index contributed by atoms with van der Waals surface area (Å²) in [5.41, 5.74) is 5.34. The molecule has 0 aromatic heterocycles. The first kappa shape index (κ1) is 12.6. The van der Waals surface area contributed by atoms with Gasteiger partial charge < -0.3 is 21.2 Å². The van der Waals surface area contributed by atoms with E-state index in [0.29, 0.717) is 6.42 Å². The summed E-state index contributed by atoms with van der Waals surface area (Å²) in [6.45, 7) is 5.25. The first-order valence-electron chi connectivity index (χ1n) is 5.30. The molecule has 0 aromatic carbocycles. The van der Waals surface area contributed by atoms with Crippen LogP contribution in [0.1, 0.15) is 6.42 Å². The molecular weight excluding hydrogens is 212 g/mol. The van der Waals surface area contributed by atoms with E-state index in [1.165, 1.54) is 24.6 Å². The zero-order valence-corrected chi connectivity index (χ0v) is 9.80. The van der Waals surface area contributed by atoms with E-state index in [1.54, 1.807) is 0 Å². The molecular formula is C9H20N4OS. The number of nitrogens with one attached hydrogen (secondary N) is 1. The van der Waals surface area contributed by atoms with Crippen LogP contribution in [0.5, 0.6) is 0 Å². The average molecular weight is 232 g/mol. The maximum atomic E-state index is 8.32. The van der Waals surface area contributed by atoms with Gasteiger partial charge in [0.25, 0.3) is 0 Å². The lowest BCUT2D eigenvalue weighted by molar-refractivity contribution is 0.301. The predicted octanol–water partition coefficient (Wildman–Crippen LogP) is -0.239. The SMILES string of the molecule is NC(CCNCCN1CCSCC1)=NO. The summed E-state index contributed by atoms with van der Waals surface area (Å²) in [4.78, 5) is 2.47. The van der Waals surface area contributed by atoms with E-state index in [4.69, 9.17) is 10.9 Å². The smallest absolute Gasteiger partial charge is 0.140 e. The molecule has 0 radical (unpaired) electrons. The molecule has 1 aliphatic rings. The second-order valence-corrected chi connectivity index (χ2v) is 4.77. The van der Waals surface area contributed by atoms with E-state index >= 15 is 0 Å². The fourth-order valence-electron chi connectivity index (χ4n) is 1.45. The molecule has 4 N–H and O–H groups in total. The summed E-state index contributed by atoms with van der Waals surface area (Å²) in [6.07, 6.45) is 0.604. The maximum Gasteiger partial charge on any atom is 0.140 e. The van der Waals surface area contributed by atoms with Crippen LogP contribution in [0.4, 0.5) is 0 Å². The third-order valence-electron chi connectivity index (χ3n) is 2.39. The van der Waals surface area contributed by atoms with Crippen molar-refractivity contribution in [1.29, 1.82) is 0 Å². The van der Waals surface area contributed by atoms with Crippen molar-refractivity contribution < 1.29 is 5.21 Å². The zero-order valence-electron chi connectivity index (χ0n) is 8.98. The lowest BCUT2D eigenvalue weighted by Crippen LogP contribution is -2.38. The summed E-state index contributed by atoms with van der Waals surface area (Å²) in [7, 11) is 0. The topological polar surface area (TPSA) is 73.9 Å². The van der Waals surface area contributed by atoms with Crippen LogP contribution in [0.2, 0.25) is 0 Å². The van der Waals surface area contributed by atoms with Gasteiger partial charge in [-0.05, 0) is 0 Å². The first-order chi connectivity index (χ1) is 7.33. The number of hydrogen-bond acceptors (Lipinski definition) is 5. The second kappa shape index (κ2) is 7.78. The summed E-state index contributed by atoms with van der Waals surface area (Å²) in [6, 6.07) is 0. The zero-order chi connectivity index (χ0) is 10.9. The van der Waals surface area contributed by atoms with Crippen molar-refractivity contribution in [3.63, 3.8) is 0 Å². The van der Waals surface area contributed by atoms with E-state index in [2.05, 4.69) is 15.4 Å². The van der Waals surface area contributed by atoms with Crippen LogP contribution in [-0.4, -0.2) is 60.2 Å². The Hall–Kier alpha value is -0.460. The van der Waals surface area contributed by atoms with Gasteiger partial charge in [-0.1, -0.05) is 5.16 Å². The molecule has 0 saturated carbocycles. The molecule has 6 heteroatoms. The molecule has 5 nitrogen and oxygen atoms in total. The molecule has 0 atom stereocenters. The van der Waals surface area contributed by atoms with Crippen molar-refractivity contribution in [2.45, 2.75) is 6.42 Å². The maximum absolute atomic E-state index is 8.32. The van der Waals surface area contributed by atoms with Gasteiger partial charge in [0.05, 0.1) is 0 Å². The van der Waals surface area contributed by atoms with Gasteiger partial charge in [-0.25, -0.2) is 0 Å². The number of rotatable bonds is 6. The van der Waals surface area contributed by atoms with E-state index in [9.17, 15) is 0 Å². The number of nitrogens with two attached hydrogens (primary N) is 1. The van der Waals surface area contributed by atoms with E-state index in [0.717, 1.165) is 19.6 Å². The minimum absolute atomic E-state index is 0.289. The lowest BCUT2D eigenvalue weighted by atomic mass is 10.4. The molecule has 0 unspecified atom stereocenters. The molecule has 15 heavy (non-hydrogen) atoms. The first-order valence-corrected chi connectivity index (χ1v) is 6.45. The number of nitrogens with zero attached hydrogens (tertiary/aromatic N) is 2. The Bertz CT molecular complexity index is 195. The average Bonchev–Trinajstić information content (AvgIpc) is 2.29. The Labute approximate surface area is 95.1 Å². The normalized spacial score (nSPS) is 19.3. The van der Waals surface area contributed by atoms with E-state index in [1.807, 2.05) is 11.8 Å². The fourth-order valence-corrected chi connectivity index (χ4v) is 2.43. The van der Waals surface area contributed by atoms with Crippen LogP contribution >= 0.6 is 11.8 Å². The highest BCUT2D eigenvalue weighted by Crippen LogP contribution is 2.07. The van der Waals surface area contributed by atoms with Crippen LogP contribution in [0.25, 0.3) is 0 Å². The Balaban J connectivity index is 1.92. The summed E-state index contributed by atoms with van der Waals surface area (Å²) in [5.74, 6) is 2.80. The third-order valence-corrected chi connectivity index (χ3v) is 3.34. The van der Waals surface area contributed by atoms with Crippen LogP contribution in [0, 0.1) is 0 Å². The molecule has 0 amide bonds. The summed E-state index contributed by atoms with van der Waals surface area (Å²) >= 11 is 2.03. The van der Waals surface area contributed by atoms with Crippen molar-refractivity contribution in [1.82, 2.24) is 10.2 Å². The highest BCUT2D eigenvalue weighted by molar-refractivity contribution is 7.99. The van der Waals surface area contributed by atoms with Gasteiger partial charge in [-0.3, -0.25) is 0 Å². The van der Waals surface area contributed by atoms with Crippen molar-refractivity contribution in [2.75, 3.05) is 44.2 Å². The quantitative estimate of drug-likeness (QED) is 0.194. The van der Waals surface area contributed by atoms with Gasteiger partial charge in [-0.15, -0.1) is 0 Å². The summed E-state index contributed by atoms with van der Waals surface area (Å²) < 4.78 is 0. The minimum atomic E-state index is 0.289. The molecule has 0 spiro atoms. The van der Waals surface area contributed by atoms with Crippen molar-refractivity contribution in [2.24, 2.45) is 10.9 Å². The predicted molar refractivity (Wildman–Crippen MR) is 64.7 cm³/mol. The van der Waals surface area contributed by atoms with Crippen LogP contribution < -0.4 is 11.1 Å². The highest BCUT2D eigenvalue weighted by atomic mass is 32.2. The van der Waals surface area contributed by atoms with Gasteiger partial charge in [0.15, 0.2) is 0 Å². The number of amidine groups is 1. The van der Waals surface area contributed by atoms with Gasteiger partial charge in [0, 0.05) is 50.7 Å². The largest absolute Gasteiger partial charge is 0.409 e. The van der Waals surface area contributed by atoms with E-state index < -0.39 is 0 Å².